The molecule has 1 N–H and O–H groups in total. The van der Waals surface area contributed by atoms with Crippen LogP contribution in [-0.4, -0.2) is 25.1 Å². The van der Waals surface area contributed by atoms with Crippen molar-refractivity contribution < 1.29 is 24.1 Å². The molecular formula is C21H22O5. The van der Waals surface area contributed by atoms with E-state index in [1.807, 2.05) is 30.3 Å². The van der Waals surface area contributed by atoms with Gasteiger partial charge < -0.3 is 19.3 Å². The number of hydrogen-bond acceptors (Lipinski definition) is 5. The highest BCUT2D eigenvalue weighted by Crippen LogP contribution is 2.38. The maximum atomic E-state index is 12.1. The molecule has 5 nitrogen and oxygen atoms in total. The first-order chi connectivity index (χ1) is 12.6. The zero-order chi connectivity index (χ0) is 18.5. The van der Waals surface area contributed by atoms with Crippen LogP contribution in [0, 0.1) is 0 Å². The maximum Gasteiger partial charge on any atom is 0.169 e. The molecule has 136 valence electrons. The van der Waals surface area contributed by atoms with Crippen LogP contribution in [0.15, 0.2) is 48.2 Å². The molecule has 2 aromatic rings. The van der Waals surface area contributed by atoms with Gasteiger partial charge in [-0.3, -0.25) is 4.79 Å². The highest BCUT2D eigenvalue weighted by molar-refractivity contribution is 5.90. The van der Waals surface area contributed by atoms with Crippen molar-refractivity contribution in [1.29, 1.82) is 0 Å². The highest BCUT2D eigenvalue weighted by Gasteiger charge is 2.15. The van der Waals surface area contributed by atoms with Crippen LogP contribution in [0.1, 0.15) is 24.0 Å². The number of methoxy groups -OCH3 is 2. The van der Waals surface area contributed by atoms with Crippen LogP contribution >= 0.6 is 0 Å². The molecule has 0 saturated carbocycles. The minimum absolute atomic E-state index is 0.104. The van der Waals surface area contributed by atoms with Gasteiger partial charge in [0.2, 0.25) is 0 Å². The first-order valence-corrected chi connectivity index (χ1v) is 8.53. The Bertz CT molecular complexity index is 821. The van der Waals surface area contributed by atoms with Gasteiger partial charge in [-0.1, -0.05) is 12.1 Å². The number of hydrogen-bond donors (Lipinski definition) is 1. The van der Waals surface area contributed by atoms with Crippen molar-refractivity contribution in [1.82, 2.24) is 0 Å². The highest BCUT2D eigenvalue weighted by atomic mass is 16.5. The summed E-state index contributed by atoms with van der Waals surface area (Å²) in [6, 6.07) is 11.2. The van der Waals surface area contributed by atoms with Gasteiger partial charge in [0.25, 0.3) is 0 Å². The van der Waals surface area contributed by atoms with E-state index in [4.69, 9.17) is 14.2 Å². The molecule has 0 atom stereocenters. The first-order valence-electron chi connectivity index (χ1n) is 8.53. The third-order valence-electron chi connectivity index (χ3n) is 4.36. The van der Waals surface area contributed by atoms with E-state index in [0.717, 1.165) is 11.1 Å². The molecule has 2 aliphatic rings. The van der Waals surface area contributed by atoms with E-state index in [1.165, 1.54) is 6.08 Å². The number of benzene rings is 2. The minimum Gasteiger partial charge on any atom is -0.512 e. The summed E-state index contributed by atoms with van der Waals surface area (Å²) in [5.74, 6) is 2.43. The molecule has 0 aromatic heterocycles. The van der Waals surface area contributed by atoms with Crippen LogP contribution in [0.25, 0.3) is 0 Å². The number of rotatable bonds is 2. The van der Waals surface area contributed by atoms with Gasteiger partial charge in [0.1, 0.15) is 11.5 Å². The fourth-order valence-corrected chi connectivity index (χ4v) is 2.92. The smallest absolute Gasteiger partial charge is 0.169 e. The zero-order valence-corrected chi connectivity index (χ0v) is 15.0. The molecule has 2 heterocycles. The molecule has 26 heavy (non-hydrogen) atoms. The SMILES string of the molecule is COc1cc(OC)c2cc1CCC(=O)/C=C(/O)CCc1ccc(cc1)O2. The summed E-state index contributed by atoms with van der Waals surface area (Å²) in [6.07, 6.45) is 3.15. The van der Waals surface area contributed by atoms with Crippen molar-refractivity contribution in [3.8, 4) is 23.0 Å². The number of ether oxygens (including phenoxy) is 3. The molecule has 0 saturated heterocycles. The number of aliphatic hydroxyl groups is 1. The third kappa shape index (κ3) is 4.17. The molecule has 5 heteroatoms. The van der Waals surface area contributed by atoms with Gasteiger partial charge in [-0.05, 0) is 42.2 Å². The Kier molecular flexibility index (Phi) is 5.46. The Morgan fingerprint density at radius 1 is 0.923 bits per heavy atom. The molecule has 0 aliphatic carbocycles. The monoisotopic (exact) mass is 354 g/mol. The van der Waals surface area contributed by atoms with E-state index in [9.17, 15) is 9.90 Å². The lowest BCUT2D eigenvalue weighted by atomic mass is 10.0. The Morgan fingerprint density at radius 2 is 1.65 bits per heavy atom. The summed E-state index contributed by atoms with van der Waals surface area (Å²) in [5.41, 5.74) is 1.90. The average molecular weight is 354 g/mol. The number of carbonyl (C=O) groups excluding carboxylic acids is 1. The van der Waals surface area contributed by atoms with Crippen LogP contribution in [0.4, 0.5) is 0 Å². The van der Waals surface area contributed by atoms with Gasteiger partial charge >= 0.3 is 0 Å². The van der Waals surface area contributed by atoms with Gasteiger partial charge in [0.15, 0.2) is 17.3 Å². The lowest BCUT2D eigenvalue weighted by Crippen LogP contribution is -2.01. The van der Waals surface area contributed by atoms with Crippen molar-refractivity contribution in [3.05, 3.63) is 59.4 Å². The van der Waals surface area contributed by atoms with Crippen molar-refractivity contribution >= 4 is 5.78 Å². The lowest BCUT2D eigenvalue weighted by molar-refractivity contribution is -0.114. The Labute approximate surface area is 152 Å². The molecule has 0 spiro atoms. The van der Waals surface area contributed by atoms with Crippen molar-refractivity contribution in [2.45, 2.75) is 25.7 Å². The molecule has 2 aromatic carbocycles. The van der Waals surface area contributed by atoms with Crippen molar-refractivity contribution in [3.63, 3.8) is 0 Å². The quantitative estimate of drug-likeness (QED) is 0.867. The van der Waals surface area contributed by atoms with E-state index in [2.05, 4.69) is 0 Å². The fourth-order valence-electron chi connectivity index (χ4n) is 2.92. The maximum absolute atomic E-state index is 12.1. The third-order valence-corrected chi connectivity index (χ3v) is 4.36. The summed E-state index contributed by atoms with van der Waals surface area (Å²) in [5, 5.41) is 9.99. The fraction of sp³-hybridized carbons (Fsp3) is 0.286. The van der Waals surface area contributed by atoms with E-state index in [0.29, 0.717) is 42.3 Å². The molecular weight excluding hydrogens is 332 g/mol. The topological polar surface area (TPSA) is 65.0 Å². The van der Waals surface area contributed by atoms with Crippen LogP contribution in [0.2, 0.25) is 0 Å². The zero-order valence-electron chi connectivity index (χ0n) is 15.0. The number of ketones is 1. The van der Waals surface area contributed by atoms with E-state index in [1.54, 1.807) is 20.3 Å². The molecule has 0 radical (unpaired) electrons. The van der Waals surface area contributed by atoms with Crippen molar-refractivity contribution in [2.24, 2.45) is 0 Å². The van der Waals surface area contributed by atoms with Crippen LogP contribution < -0.4 is 14.2 Å². The number of fused-ring (bicyclic) bond motifs is 7. The molecule has 2 aliphatic heterocycles. The Balaban J connectivity index is 2.04. The number of aryl methyl sites for hydroxylation is 2. The van der Waals surface area contributed by atoms with Gasteiger partial charge in [0.05, 0.1) is 20.0 Å². The number of aliphatic hydroxyl groups excluding tert-OH is 1. The van der Waals surface area contributed by atoms with Gasteiger partial charge in [-0.25, -0.2) is 0 Å². The number of carbonyl (C=O) groups is 1. The number of allylic oxidation sites excluding steroid dienone is 2. The van der Waals surface area contributed by atoms with E-state index < -0.39 is 0 Å². The van der Waals surface area contributed by atoms with Crippen LogP contribution in [0.3, 0.4) is 0 Å². The Hall–Kier alpha value is -2.95. The van der Waals surface area contributed by atoms with Gasteiger partial charge in [0, 0.05) is 25.0 Å². The standard InChI is InChI=1S/C21H22O5/c1-24-19-13-20(25-2)21-11-15(19)6-8-17(23)12-16(22)7-3-14-4-9-18(26-21)10-5-14/h4-5,9-13,22H,3,6-8H2,1-2H3/b16-12+. The predicted octanol–water partition coefficient (Wildman–Crippen LogP) is 4.39. The molecule has 4 bridgehead atoms. The lowest BCUT2D eigenvalue weighted by Gasteiger charge is -2.15. The molecule has 0 amide bonds. The van der Waals surface area contributed by atoms with Gasteiger partial charge in [-0.15, -0.1) is 0 Å². The molecule has 0 fully saturated rings. The second kappa shape index (κ2) is 7.95. The van der Waals surface area contributed by atoms with E-state index >= 15 is 0 Å². The van der Waals surface area contributed by atoms with Crippen LogP contribution in [-0.2, 0) is 17.6 Å². The van der Waals surface area contributed by atoms with Crippen LogP contribution in [0.5, 0.6) is 23.0 Å². The largest absolute Gasteiger partial charge is 0.512 e. The van der Waals surface area contributed by atoms with Crippen molar-refractivity contribution in [2.75, 3.05) is 14.2 Å². The predicted molar refractivity (Wildman–Crippen MR) is 98.4 cm³/mol. The minimum atomic E-state index is -0.118. The van der Waals surface area contributed by atoms with E-state index in [-0.39, 0.29) is 18.0 Å². The summed E-state index contributed by atoms with van der Waals surface area (Å²) in [4.78, 5) is 12.1. The Morgan fingerprint density at radius 3 is 2.35 bits per heavy atom. The molecule has 4 rings (SSSR count). The summed E-state index contributed by atoms with van der Waals surface area (Å²) in [6.45, 7) is 0. The normalized spacial score (nSPS) is 16.7. The summed E-state index contributed by atoms with van der Waals surface area (Å²) < 4.78 is 16.8. The first kappa shape index (κ1) is 17.9. The summed E-state index contributed by atoms with van der Waals surface area (Å²) >= 11 is 0. The van der Waals surface area contributed by atoms with Gasteiger partial charge in [-0.2, -0.15) is 0 Å². The molecule has 0 unspecified atom stereocenters. The summed E-state index contributed by atoms with van der Waals surface area (Å²) in [7, 11) is 3.15. The second-order valence-corrected chi connectivity index (χ2v) is 6.16. The second-order valence-electron chi connectivity index (χ2n) is 6.16. The average Bonchev–Trinajstić information content (AvgIpc) is 2.65.